The van der Waals surface area contributed by atoms with Gasteiger partial charge in [-0.3, -0.25) is 4.79 Å². The minimum Gasteiger partial charge on any atom is -0.346 e. The summed E-state index contributed by atoms with van der Waals surface area (Å²) in [6, 6.07) is 11.5. The number of carbonyl (C=O) groups excluding carboxylic acids is 1. The summed E-state index contributed by atoms with van der Waals surface area (Å²) in [6.07, 6.45) is 0. The highest BCUT2D eigenvalue weighted by Crippen LogP contribution is 2.12. The van der Waals surface area contributed by atoms with Crippen LogP contribution in [0.3, 0.4) is 0 Å². The highest BCUT2D eigenvalue weighted by atomic mass is 35.5. The lowest BCUT2D eigenvalue weighted by Crippen LogP contribution is -2.84. The third-order valence-corrected chi connectivity index (χ3v) is 3.94. The van der Waals surface area contributed by atoms with Crippen molar-refractivity contribution in [3.63, 3.8) is 0 Å². The molecule has 1 aromatic heterocycles. The Morgan fingerprint density at radius 3 is 2.84 bits per heavy atom. The molecule has 1 aromatic carbocycles. The number of nitrogens with one attached hydrogen (secondary N) is 1. The summed E-state index contributed by atoms with van der Waals surface area (Å²) >= 11 is 7.52. The molecular formula is C14H16ClN2OS+. The minimum absolute atomic E-state index is 0.00106. The van der Waals surface area contributed by atoms with E-state index < -0.39 is 0 Å². The van der Waals surface area contributed by atoms with Crippen LogP contribution in [-0.2, 0) is 6.54 Å². The molecule has 5 heteroatoms. The number of rotatable bonds is 6. The van der Waals surface area contributed by atoms with Crippen LogP contribution in [0.5, 0.6) is 0 Å². The van der Waals surface area contributed by atoms with Crippen LogP contribution in [-0.4, -0.2) is 19.0 Å². The quantitative estimate of drug-likeness (QED) is 0.786. The maximum absolute atomic E-state index is 11.7. The SMILES string of the molecule is O=C(NCC[NH2+]Cc1ccccc1Cl)c1cccs1. The zero-order chi connectivity index (χ0) is 13.5. The molecule has 0 fully saturated rings. The zero-order valence-electron chi connectivity index (χ0n) is 10.4. The Morgan fingerprint density at radius 2 is 2.11 bits per heavy atom. The summed E-state index contributed by atoms with van der Waals surface area (Å²) in [5.41, 5.74) is 1.12. The molecule has 1 heterocycles. The van der Waals surface area contributed by atoms with Gasteiger partial charge < -0.3 is 10.6 Å². The molecule has 1 amide bonds. The van der Waals surface area contributed by atoms with Gasteiger partial charge in [-0.05, 0) is 17.5 Å². The summed E-state index contributed by atoms with van der Waals surface area (Å²) in [4.78, 5) is 12.4. The topological polar surface area (TPSA) is 45.7 Å². The van der Waals surface area contributed by atoms with E-state index in [1.807, 2.05) is 41.8 Å². The molecule has 0 saturated carbocycles. The van der Waals surface area contributed by atoms with Gasteiger partial charge in [0.05, 0.1) is 18.0 Å². The molecule has 3 nitrogen and oxygen atoms in total. The largest absolute Gasteiger partial charge is 0.346 e. The van der Waals surface area contributed by atoms with E-state index in [2.05, 4.69) is 10.6 Å². The first-order valence-corrected chi connectivity index (χ1v) is 7.40. The van der Waals surface area contributed by atoms with E-state index in [1.54, 1.807) is 0 Å². The van der Waals surface area contributed by atoms with Crippen LogP contribution < -0.4 is 10.6 Å². The van der Waals surface area contributed by atoms with Crippen molar-refractivity contribution in [3.8, 4) is 0 Å². The lowest BCUT2D eigenvalue weighted by atomic mass is 10.2. The van der Waals surface area contributed by atoms with E-state index in [-0.39, 0.29) is 5.91 Å². The predicted molar refractivity (Wildman–Crippen MR) is 78.6 cm³/mol. The second-order valence-electron chi connectivity index (χ2n) is 4.11. The fourth-order valence-electron chi connectivity index (χ4n) is 1.70. The Morgan fingerprint density at radius 1 is 1.26 bits per heavy atom. The molecule has 0 aliphatic heterocycles. The van der Waals surface area contributed by atoms with Crippen molar-refractivity contribution in [3.05, 3.63) is 57.2 Å². The van der Waals surface area contributed by atoms with Gasteiger partial charge >= 0.3 is 0 Å². The average molecular weight is 296 g/mol. The molecule has 0 radical (unpaired) electrons. The second-order valence-corrected chi connectivity index (χ2v) is 5.46. The molecule has 0 aliphatic carbocycles. The van der Waals surface area contributed by atoms with Crippen molar-refractivity contribution < 1.29 is 10.1 Å². The maximum Gasteiger partial charge on any atom is 0.261 e. The lowest BCUT2D eigenvalue weighted by molar-refractivity contribution is -0.668. The molecule has 0 spiro atoms. The van der Waals surface area contributed by atoms with Gasteiger partial charge in [0.25, 0.3) is 5.91 Å². The normalized spacial score (nSPS) is 10.4. The Hall–Kier alpha value is -1.36. The zero-order valence-corrected chi connectivity index (χ0v) is 12.0. The van der Waals surface area contributed by atoms with Gasteiger partial charge in [0.15, 0.2) is 0 Å². The van der Waals surface area contributed by atoms with Gasteiger partial charge in [0.2, 0.25) is 0 Å². The summed E-state index contributed by atoms with van der Waals surface area (Å²) in [5, 5.41) is 7.72. The van der Waals surface area contributed by atoms with Crippen molar-refractivity contribution in [2.45, 2.75) is 6.54 Å². The van der Waals surface area contributed by atoms with E-state index >= 15 is 0 Å². The summed E-state index contributed by atoms with van der Waals surface area (Å²) < 4.78 is 0. The van der Waals surface area contributed by atoms with Crippen molar-refractivity contribution in [2.24, 2.45) is 0 Å². The van der Waals surface area contributed by atoms with Gasteiger partial charge in [-0.2, -0.15) is 0 Å². The van der Waals surface area contributed by atoms with E-state index in [0.29, 0.717) is 6.54 Å². The third-order valence-electron chi connectivity index (χ3n) is 2.70. The number of amides is 1. The molecule has 2 rings (SSSR count). The number of hydrogen-bond acceptors (Lipinski definition) is 2. The highest BCUT2D eigenvalue weighted by molar-refractivity contribution is 7.12. The van der Waals surface area contributed by atoms with Gasteiger partial charge in [-0.15, -0.1) is 11.3 Å². The number of benzene rings is 1. The number of hydrogen-bond donors (Lipinski definition) is 2. The molecule has 3 N–H and O–H groups in total. The maximum atomic E-state index is 11.7. The molecule has 0 aliphatic rings. The van der Waals surface area contributed by atoms with Crippen LogP contribution in [0.25, 0.3) is 0 Å². The van der Waals surface area contributed by atoms with Crippen molar-refractivity contribution in [1.29, 1.82) is 0 Å². The first-order valence-electron chi connectivity index (χ1n) is 6.14. The average Bonchev–Trinajstić information content (AvgIpc) is 2.94. The molecule has 2 aromatic rings. The monoisotopic (exact) mass is 295 g/mol. The molecule has 0 atom stereocenters. The van der Waals surface area contributed by atoms with Crippen molar-refractivity contribution in [2.75, 3.05) is 13.1 Å². The molecular weight excluding hydrogens is 280 g/mol. The summed E-state index contributed by atoms with van der Waals surface area (Å²) in [6.45, 7) is 2.32. The Bertz CT molecular complexity index is 528. The first-order chi connectivity index (χ1) is 9.27. The molecule has 0 bridgehead atoms. The van der Waals surface area contributed by atoms with Crippen LogP contribution in [0.15, 0.2) is 41.8 Å². The Kier molecular flexibility index (Phi) is 5.39. The molecule has 0 unspecified atom stereocenters. The van der Waals surface area contributed by atoms with Gasteiger partial charge in [0.1, 0.15) is 6.54 Å². The van der Waals surface area contributed by atoms with Crippen LogP contribution in [0.4, 0.5) is 0 Å². The van der Waals surface area contributed by atoms with E-state index in [1.165, 1.54) is 11.3 Å². The fourth-order valence-corrected chi connectivity index (χ4v) is 2.56. The highest BCUT2D eigenvalue weighted by Gasteiger charge is 2.05. The van der Waals surface area contributed by atoms with E-state index in [4.69, 9.17) is 11.6 Å². The van der Waals surface area contributed by atoms with Crippen LogP contribution in [0, 0.1) is 0 Å². The number of carbonyl (C=O) groups is 1. The Labute approximate surface area is 121 Å². The molecule has 0 saturated heterocycles. The van der Waals surface area contributed by atoms with Crippen LogP contribution in [0.1, 0.15) is 15.2 Å². The standard InChI is InChI=1S/C14H15ClN2OS/c15-12-5-2-1-4-11(12)10-16-7-8-17-14(18)13-6-3-9-19-13/h1-6,9,16H,7-8,10H2,(H,17,18)/p+1. The molecule has 100 valence electrons. The predicted octanol–water partition coefficient (Wildman–Crippen LogP) is 1.89. The number of thiophene rings is 1. The first kappa shape index (κ1) is 14.1. The van der Waals surface area contributed by atoms with Crippen LogP contribution >= 0.6 is 22.9 Å². The molecule has 19 heavy (non-hydrogen) atoms. The van der Waals surface area contributed by atoms with Crippen LogP contribution in [0.2, 0.25) is 5.02 Å². The Balaban J connectivity index is 1.65. The summed E-state index contributed by atoms with van der Waals surface area (Å²) in [5.74, 6) is 0.00106. The van der Waals surface area contributed by atoms with Gasteiger partial charge in [-0.1, -0.05) is 35.9 Å². The second kappa shape index (κ2) is 7.28. The van der Waals surface area contributed by atoms with Gasteiger partial charge in [0, 0.05) is 10.6 Å². The number of nitrogens with two attached hydrogens (primary N) is 1. The summed E-state index contributed by atoms with van der Waals surface area (Å²) in [7, 11) is 0. The smallest absolute Gasteiger partial charge is 0.261 e. The minimum atomic E-state index is 0.00106. The fraction of sp³-hybridized carbons (Fsp3) is 0.214. The number of halogens is 1. The third kappa shape index (κ3) is 4.35. The van der Waals surface area contributed by atoms with Crippen molar-refractivity contribution in [1.82, 2.24) is 5.32 Å². The number of quaternary nitrogens is 1. The van der Waals surface area contributed by atoms with Gasteiger partial charge in [-0.25, -0.2) is 0 Å². The van der Waals surface area contributed by atoms with Crippen molar-refractivity contribution >= 4 is 28.8 Å². The lowest BCUT2D eigenvalue weighted by Gasteiger charge is -2.05. The van der Waals surface area contributed by atoms with E-state index in [9.17, 15) is 4.79 Å². The van der Waals surface area contributed by atoms with E-state index in [0.717, 1.165) is 28.6 Å².